The number of carbonyl (C=O) groups is 1. The van der Waals surface area contributed by atoms with Gasteiger partial charge in [0, 0.05) is 13.1 Å². The van der Waals surface area contributed by atoms with Crippen LogP contribution in [0.1, 0.15) is 17.5 Å². The highest BCUT2D eigenvalue weighted by atomic mass is 16.2. The lowest BCUT2D eigenvalue weighted by atomic mass is 10.0. The third-order valence-corrected chi connectivity index (χ3v) is 2.05. The van der Waals surface area contributed by atoms with E-state index in [0.29, 0.717) is 5.92 Å². The molecule has 0 unspecified atom stereocenters. The molecule has 0 radical (unpaired) electrons. The van der Waals surface area contributed by atoms with Crippen molar-refractivity contribution in [1.29, 1.82) is 0 Å². The van der Waals surface area contributed by atoms with Gasteiger partial charge >= 0.3 is 0 Å². The average Bonchev–Trinajstić information content (AvgIpc) is 2.45. The summed E-state index contributed by atoms with van der Waals surface area (Å²) in [5.41, 5.74) is 0. The Morgan fingerprint density at radius 3 is 2.69 bits per heavy atom. The number of likely N-dealkylation sites (tertiary alicyclic amines) is 1. The van der Waals surface area contributed by atoms with E-state index in [1.807, 2.05) is 0 Å². The van der Waals surface area contributed by atoms with E-state index in [0.717, 1.165) is 13.1 Å². The molecule has 0 aromatic carbocycles. The molecule has 0 saturated carbocycles. The summed E-state index contributed by atoms with van der Waals surface area (Å²) < 4.78 is 0. The lowest BCUT2D eigenvalue weighted by molar-refractivity contribution is 0.0517. The first-order valence-electron chi connectivity index (χ1n) is 4.20. The fourth-order valence-electron chi connectivity index (χ4n) is 1.38. The van der Waals surface area contributed by atoms with E-state index >= 15 is 0 Å². The van der Waals surface area contributed by atoms with Crippen LogP contribution < -0.4 is 0 Å². The summed E-state index contributed by atoms with van der Waals surface area (Å²) in [6.45, 7) is 3.71. The molecule has 0 spiro atoms. The van der Waals surface area contributed by atoms with Crippen LogP contribution in [0.15, 0.2) is 0 Å². The fourth-order valence-corrected chi connectivity index (χ4v) is 1.38. The minimum atomic E-state index is -0.119. The molecule has 13 heavy (non-hydrogen) atoms. The van der Waals surface area contributed by atoms with Crippen LogP contribution in [0, 0.1) is 5.92 Å². The zero-order chi connectivity index (χ0) is 9.42. The number of nitrogens with zero attached hydrogens (tertiary/aromatic N) is 5. The summed E-state index contributed by atoms with van der Waals surface area (Å²) in [6.07, 6.45) is 0. The van der Waals surface area contributed by atoms with E-state index in [1.165, 1.54) is 4.80 Å². The minimum absolute atomic E-state index is 0.119. The first-order chi connectivity index (χ1) is 6.16. The maximum atomic E-state index is 11.5. The molecule has 0 aliphatic carbocycles. The molecule has 1 saturated heterocycles. The molecule has 0 N–H and O–H groups in total. The molecule has 2 rings (SSSR count). The highest BCUT2D eigenvalue weighted by Crippen LogP contribution is 2.15. The van der Waals surface area contributed by atoms with E-state index in [-0.39, 0.29) is 11.7 Å². The maximum absolute atomic E-state index is 11.5. The molecule has 1 aromatic heterocycles. The van der Waals surface area contributed by atoms with Crippen LogP contribution in [-0.4, -0.2) is 44.1 Å². The fraction of sp³-hybridized carbons (Fsp3) is 0.714. The van der Waals surface area contributed by atoms with E-state index in [1.54, 1.807) is 11.9 Å². The smallest absolute Gasteiger partial charge is 0.295 e. The normalized spacial score (nSPS) is 17.2. The molecule has 0 atom stereocenters. The molecule has 1 aliphatic heterocycles. The Morgan fingerprint density at radius 2 is 2.23 bits per heavy atom. The number of carbonyl (C=O) groups excluding carboxylic acids is 1. The second-order valence-electron chi connectivity index (χ2n) is 3.42. The number of amides is 1. The first kappa shape index (κ1) is 8.15. The SMILES string of the molecule is CC1CN(C(=O)c2nnn(C)n2)C1. The molecule has 1 amide bonds. The van der Waals surface area contributed by atoms with E-state index in [9.17, 15) is 4.79 Å². The summed E-state index contributed by atoms with van der Waals surface area (Å²) in [5, 5.41) is 11.1. The Balaban J connectivity index is 2.06. The lowest BCUT2D eigenvalue weighted by Crippen LogP contribution is -2.49. The number of hydrogen-bond acceptors (Lipinski definition) is 4. The van der Waals surface area contributed by atoms with Crippen LogP contribution in [0.3, 0.4) is 0 Å². The van der Waals surface area contributed by atoms with Gasteiger partial charge in [-0.25, -0.2) is 0 Å². The molecule has 6 heteroatoms. The van der Waals surface area contributed by atoms with Crippen molar-refractivity contribution >= 4 is 5.91 Å². The van der Waals surface area contributed by atoms with Crippen molar-refractivity contribution in [3.05, 3.63) is 5.82 Å². The predicted molar refractivity (Wildman–Crippen MR) is 43.9 cm³/mol. The second-order valence-corrected chi connectivity index (χ2v) is 3.42. The van der Waals surface area contributed by atoms with Gasteiger partial charge in [-0.1, -0.05) is 6.92 Å². The Hall–Kier alpha value is -1.46. The van der Waals surface area contributed by atoms with Crippen molar-refractivity contribution in [2.75, 3.05) is 13.1 Å². The quantitative estimate of drug-likeness (QED) is 0.574. The van der Waals surface area contributed by atoms with Crippen molar-refractivity contribution in [3.8, 4) is 0 Å². The zero-order valence-corrected chi connectivity index (χ0v) is 7.64. The summed E-state index contributed by atoms with van der Waals surface area (Å²) in [7, 11) is 1.64. The maximum Gasteiger partial charge on any atom is 0.295 e. The molecule has 2 heterocycles. The molecule has 0 bridgehead atoms. The van der Waals surface area contributed by atoms with Gasteiger partial charge in [0.05, 0.1) is 7.05 Å². The van der Waals surface area contributed by atoms with Crippen LogP contribution in [-0.2, 0) is 7.05 Å². The number of tetrazole rings is 1. The van der Waals surface area contributed by atoms with Gasteiger partial charge in [-0.3, -0.25) is 4.79 Å². The Labute approximate surface area is 75.5 Å². The summed E-state index contributed by atoms with van der Waals surface area (Å²) in [6, 6.07) is 0. The standard InChI is InChI=1S/C7H11N5O/c1-5-3-12(4-5)7(13)6-8-10-11(2)9-6/h5H,3-4H2,1-2H3. The van der Waals surface area contributed by atoms with Crippen LogP contribution in [0.4, 0.5) is 0 Å². The predicted octanol–water partition coefficient (Wildman–Crippen LogP) is -0.698. The average molecular weight is 181 g/mol. The van der Waals surface area contributed by atoms with Crippen molar-refractivity contribution in [2.24, 2.45) is 13.0 Å². The van der Waals surface area contributed by atoms with E-state index < -0.39 is 0 Å². The van der Waals surface area contributed by atoms with Gasteiger partial charge in [-0.2, -0.15) is 4.80 Å². The van der Waals surface area contributed by atoms with E-state index in [4.69, 9.17) is 0 Å². The van der Waals surface area contributed by atoms with Gasteiger partial charge in [-0.15, -0.1) is 10.2 Å². The molecule has 70 valence electrons. The van der Waals surface area contributed by atoms with Gasteiger partial charge < -0.3 is 4.90 Å². The molecular formula is C7H11N5O. The summed E-state index contributed by atoms with van der Waals surface area (Å²) in [5.74, 6) is 0.668. The lowest BCUT2D eigenvalue weighted by Gasteiger charge is -2.36. The van der Waals surface area contributed by atoms with Crippen LogP contribution in [0.5, 0.6) is 0 Å². The highest BCUT2D eigenvalue weighted by Gasteiger charge is 2.30. The van der Waals surface area contributed by atoms with Crippen LogP contribution in [0.2, 0.25) is 0 Å². The Kier molecular flexibility index (Phi) is 1.75. The van der Waals surface area contributed by atoms with Gasteiger partial charge in [0.1, 0.15) is 0 Å². The van der Waals surface area contributed by atoms with Gasteiger partial charge in [-0.05, 0) is 11.1 Å². The van der Waals surface area contributed by atoms with Crippen molar-refractivity contribution in [3.63, 3.8) is 0 Å². The Bertz CT molecular complexity index is 327. The van der Waals surface area contributed by atoms with E-state index in [2.05, 4.69) is 22.3 Å². The first-order valence-corrected chi connectivity index (χ1v) is 4.20. The van der Waals surface area contributed by atoms with Crippen molar-refractivity contribution in [2.45, 2.75) is 6.92 Å². The molecule has 1 aliphatic rings. The zero-order valence-electron chi connectivity index (χ0n) is 7.64. The summed E-state index contributed by atoms with van der Waals surface area (Å²) in [4.78, 5) is 14.5. The highest BCUT2D eigenvalue weighted by molar-refractivity contribution is 5.90. The third-order valence-electron chi connectivity index (χ3n) is 2.05. The minimum Gasteiger partial charge on any atom is -0.335 e. The van der Waals surface area contributed by atoms with Crippen molar-refractivity contribution in [1.82, 2.24) is 25.1 Å². The van der Waals surface area contributed by atoms with Crippen LogP contribution >= 0.6 is 0 Å². The monoisotopic (exact) mass is 181 g/mol. The number of aryl methyl sites for hydroxylation is 1. The molecule has 6 nitrogen and oxygen atoms in total. The number of rotatable bonds is 1. The third kappa shape index (κ3) is 1.39. The molecule has 1 fully saturated rings. The Morgan fingerprint density at radius 1 is 1.54 bits per heavy atom. The van der Waals surface area contributed by atoms with Gasteiger partial charge in [0.2, 0.25) is 0 Å². The largest absolute Gasteiger partial charge is 0.335 e. The topological polar surface area (TPSA) is 63.9 Å². The van der Waals surface area contributed by atoms with Crippen LogP contribution in [0.25, 0.3) is 0 Å². The number of aromatic nitrogens is 4. The molecule has 1 aromatic rings. The number of hydrogen-bond donors (Lipinski definition) is 0. The van der Waals surface area contributed by atoms with Gasteiger partial charge in [0.25, 0.3) is 11.7 Å². The van der Waals surface area contributed by atoms with Gasteiger partial charge in [0.15, 0.2) is 0 Å². The molecular weight excluding hydrogens is 170 g/mol. The summed E-state index contributed by atoms with van der Waals surface area (Å²) >= 11 is 0. The second kappa shape index (κ2) is 2.79. The van der Waals surface area contributed by atoms with Crippen molar-refractivity contribution < 1.29 is 4.79 Å².